The van der Waals surface area contributed by atoms with Gasteiger partial charge >= 0.3 is 5.97 Å². The molecule has 0 aromatic heterocycles. The summed E-state index contributed by atoms with van der Waals surface area (Å²) in [5, 5.41) is 9.06. The standard InChI is InChI=1S/C14H20O3/c1-3-4-9-17-13(14(15)16)10-12-7-5-11(2)6-8-12/h5-8,13H,3-4,9-10H2,1-2H3,(H,15,16). The SMILES string of the molecule is CCCCOC(Cc1ccc(C)cc1)C(=O)O. The van der Waals surface area contributed by atoms with Crippen LogP contribution in [0.4, 0.5) is 0 Å². The van der Waals surface area contributed by atoms with Gasteiger partial charge in [0, 0.05) is 13.0 Å². The molecule has 0 aliphatic carbocycles. The number of aliphatic carboxylic acids is 1. The molecule has 0 spiro atoms. The maximum atomic E-state index is 11.0. The van der Waals surface area contributed by atoms with Crippen LogP contribution < -0.4 is 0 Å². The minimum absolute atomic E-state index is 0.430. The molecular formula is C14H20O3. The Kier molecular flexibility index (Phi) is 5.70. The summed E-state index contributed by atoms with van der Waals surface area (Å²) < 4.78 is 5.38. The van der Waals surface area contributed by atoms with Crippen LogP contribution in [0, 0.1) is 6.92 Å². The van der Waals surface area contributed by atoms with Crippen LogP contribution in [0.3, 0.4) is 0 Å². The molecule has 0 amide bonds. The summed E-state index contributed by atoms with van der Waals surface area (Å²) in [7, 11) is 0. The third kappa shape index (κ3) is 5.00. The summed E-state index contributed by atoms with van der Waals surface area (Å²) in [6.45, 7) is 4.58. The smallest absolute Gasteiger partial charge is 0.333 e. The van der Waals surface area contributed by atoms with Crippen molar-refractivity contribution in [2.45, 2.75) is 39.2 Å². The van der Waals surface area contributed by atoms with Crippen LogP contribution >= 0.6 is 0 Å². The fraction of sp³-hybridized carbons (Fsp3) is 0.500. The van der Waals surface area contributed by atoms with Crippen molar-refractivity contribution in [2.24, 2.45) is 0 Å². The molecule has 1 aromatic carbocycles. The second kappa shape index (κ2) is 7.07. The first-order chi connectivity index (χ1) is 8.13. The lowest BCUT2D eigenvalue weighted by Crippen LogP contribution is -2.26. The van der Waals surface area contributed by atoms with Crippen molar-refractivity contribution in [3.63, 3.8) is 0 Å². The van der Waals surface area contributed by atoms with Crippen LogP contribution in [0.2, 0.25) is 0 Å². The third-order valence-corrected chi connectivity index (χ3v) is 2.63. The molecule has 1 N–H and O–H groups in total. The maximum absolute atomic E-state index is 11.0. The molecule has 0 fully saturated rings. The number of ether oxygens (including phenoxy) is 1. The molecule has 0 aliphatic rings. The molecule has 0 saturated carbocycles. The number of benzene rings is 1. The molecule has 17 heavy (non-hydrogen) atoms. The van der Waals surface area contributed by atoms with E-state index in [1.165, 1.54) is 5.56 Å². The van der Waals surface area contributed by atoms with E-state index in [-0.39, 0.29) is 0 Å². The zero-order valence-electron chi connectivity index (χ0n) is 10.5. The van der Waals surface area contributed by atoms with E-state index in [0.717, 1.165) is 18.4 Å². The molecule has 0 heterocycles. The minimum Gasteiger partial charge on any atom is -0.479 e. The lowest BCUT2D eigenvalue weighted by molar-refractivity contribution is -0.150. The second-order valence-corrected chi connectivity index (χ2v) is 4.24. The van der Waals surface area contributed by atoms with Gasteiger partial charge in [-0.05, 0) is 18.9 Å². The van der Waals surface area contributed by atoms with Crippen molar-refractivity contribution in [2.75, 3.05) is 6.61 Å². The largest absolute Gasteiger partial charge is 0.479 e. The summed E-state index contributed by atoms with van der Waals surface area (Å²) in [6, 6.07) is 7.88. The number of aryl methyl sites for hydroxylation is 1. The second-order valence-electron chi connectivity index (χ2n) is 4.24. The molecule has 1 unspecified atom stereocenters. The third-order valence-electron chi connectivity index (χ3n) is 2.63. The van der Waals surface area contributed by atoms with Crippen molar-refractivity contribution in [3.8, 4) is 0 Å². The van der Waals surface area contributed by atoms with Gasteiger partial charge in [-0.25, -0.2) is 4.79 Å². The Bertz CT molecular complexity index is 343. The molecule has 0 aliphatic heterocycles. The fourth-order valence-corrected chi connectivity index (χ4v) is 1.53. The molecule has 0 saturated heterocycles. The highest BCUT2D eigenvalue weighted by atomic mass is 16.5. The molecule has 1 aromatic rings. The first-order valence-electron chi connectivity index (χ1n) is 6.03. The van der Waals surface area contributed by atoms with Crippen molar-refractivity contribution in [1.82, 2.24) is 0 Å². The molecule has 0 bridgehead atoms. The maximum Gasteiger partial charge on any atom is 0.333 e. The molecule has 3 heteroatoms. The van der Waals surface area contributed by atoms with Gasteiger partial charge in [0.15, 0.2) is 6.10 Å². The van der Waals surface area contributed by atoms with E-state index in [9.17, 15) is 4.79 Å². The highest BCUT2D eigenvalue weighted by molar-refractivity contribution is 5.72. The van der Waals surface area contributed by atoms with E-state index >= 15 is 0 Å². The molecular weight excluding hydrogens is 216 g/mol. The number of carboxylic acids is 1. The van der Waals surface area contributed by atoms with Gasteiger partial charge in [0.2, 0.25) is 0 Å². The quantitative estimate of drug-likeness (QED) is 0.740. The average Bonchev–Trinajstić information content (AvgIpc) is 2.30. The van der Waals surface area contributed by atoms with Crippen LogP contribution in [0.15, 0.2) is 24.3 Å². The summed E-state index contributed by atoms with van der Waals surface area (Å²) >= 11 is 0. The highest BCUT2D eigenvalue weighted by Gasteiger charge is 2.18. The summed E-state index contributed by atoms with van der Waals surface area (Å²) in [6.07, 6.45) is 1.61. The number of rotatable bonds is 7. The average molecular weight is 236 g/mol. The number of unbranched alkanes of at least 4 members (excludes halogenated alkanes) is 1. The number of hydrogen-bond acceptors (Lipinski definition) is 2. The van der Waals surface area contributed by atoms with Gasteiger partial charge in [-0.1, -0.05) is 43.2 Å². The molecule has 94 valence electrons. The van der Waals surface area contributed by atoms with Crippen LogP contribution in [-0.4, -0.2) is 23.8 Å². The van der Waals surface area contributed by atoms with Gasteiger partial charge in [0.1, 0.15) is 0 Å². The number of hydrogen-bond donors (Lipinski definition) is 1. The summed E-state index contributed by atoms with van der Waals surface area (Å²) in [5.41, 5.74) is 2.17. The van der Waals surface area contributed by atoms with Crippen LogP contribution in [-0.2, 0) is 16.0 Å². The molecule has 0 radical (unpaired) electrons. The van der Waals surface area contributed by atoms with E-state index in [1.807, 2.05) is 31.2 Å². The Morgan fingerprint density at radius 2 is 2.00 bits per heavy atom. The monoisotopic (exact) mass is 236 g/mol. The van der Waals surface area contributed by atoms with Gasteiger partial charge in [0.05, 0.1) is 0 Å². The van der Waals surface area contributed by atoms with E-state index in [4.69, 9.17) is 9.84 Å². The Labute approximate surface area is 102 Å². The number of carboxylic acid groups (broad SMARTS) is 1. The van der Waals surface area contributed by atoms with E-state index < -0.39 is 12.1 Å². The summed E-state index contributed by atoms with van der Waals surface area (Å²) in [5.74, 6) is -0.887. The predicted octanol–water partition coefficient (Wildman–Crippen LogP) is 2.81. The van der Waals surface area contributed by atoms with E-state index in [1.54, 1.807) is 0 Å². The van der Waals surface area contributed by atoms with Crippen LogP contribution in [0.1, 0.15) is 30.9 Å². The topological polar surface area (TPSA) is 46.5 Å². The lowest BCUT2D eigenvalue weighted by atomic mass is 10.1. The Hall–Kier alpha value is -1.35. The van der Waals surface area contributed by atoms with Gasteiger partial charge < -0.3 is 9.84 Å². The Morgan fingerprint density at radius 3 is 2.53 bits per heavy atom. The Balaban J connectivity index is 2.54. The van der Waals surface area contributed by atoms with Crippen molar-refractivity contribution in [1.29, 1.82) is 0 Å². The Morgan fingerprint density at radius 1 is 1.35 bits per heavy atom. The zero-order valence-corrected chi connectivity index (χ0v) is 10.5. The zero-order chi connectivity index (χ0) is 12.7. The van der Waals surface area contributed by atoms with Crippen molar-refractivity contribution in [3.05, 3.63) is 35.4 Å². The van der Waals surface area contributed by atoms with Gasteiger partial charge in [-0.15, -0.1) is 0 Å². The normalized spacial score (nSPS) is 12.4. The van der Waals surface area contributed by atoms with E-state index in [0.29, 0.717) is 13.0 Å². The first kappa shape index (κ1) is 13.7. The van der Waals surface area contributed by atoms with Crippen molar-refractivity contribution >= 4 is 5.97 Å². The van der Waals surface area contributed by atoms with Gasteiger partial charge in [-0.3, -0.25) is 0 Å². The minimum atomic E-state index is -0.887. The number of carbonyl (C=O) groups is 1. The van der Waals surface area contributed by atoms with Gasteiger partial charge in [0.25, 0.3) is 0 Å². The first-order valence-corrected chi connectivity index (χ1v) is 6.03. The van der Waals surface area contributed by atoms with Crippen LogP contribution in [0.5, 0.6) is 0 Å². The van der Waals surface area contributed by atoms with Gasteiger partial charge in [-0.2, -0.15) is 0 Å². The lowest BCUT2D eigenvalue weighted by Gasteiger charge is -2.13. The molecule has 1 rings (SSSR count). The van der Waals surface area contributed by atoms with Crippen molar-refractivity contribution < 1.29 is 14.6 Å². The molecule has 3 nitrogen and oxygen atoms in total. The highest BCUT2D eigenvalue weighted by Crippen LogP contribution is 2.09. The van der Waals surface area contributed by atoms with Crippen LogP contribution in [0.25, 0.3) is 0 Å². The summed E-state index contributed by atoms with van der Waals surface area (Å²) in [4.78, 5) is 11.0. The van der Waals surface area contributed by atoms with E-state index in [2.05, 4.69) is 6.92 Å². The predicted molar refractivity (Wildman–Crippen MR) is 67.2 cm³/mol. The fourth-order valence-electron chi connectivity index (χ4n) is 1.53. The molecule has 1 atom stereocenters.